The van der Waals surface area contributed by atoms with Crippen LogP contribution in [0.3, 0.4) is 0 Å². The van der Waals surface area contributed by atoms with E-state index >= 15 is 0 Å². The van der Waals surface area contributed by atoms with E-state index in [1.165, 1.54) is 0 Å². The lowest BCUT2D eigenvalue weighted by Gasteiger charge is -2.25. The predicted molar refractivity (Wildman–Crippen MR) is 57.5 cm³/mol. The average Bonchev–Trinajstić information content (AvgIpc) is 1.81. The van der Waals surface area contributed by atoms with Crippen molar-refractivity contribution in [2.45, 2.75) is 17.7 Å². The van der Waals surface area contributed by atoms with Crippen molar-refractivity contribution in [2.24, 2.45) is 0 Å². The second kappa shape index (κ2) is 3.23. The second-order valence-corrected chi connectivity index (χ2v) is 6.29. The summed E-state index contributed by atoms with van der Waals surface area (Å²) in [7, 11) is 0. The highest BCUT2D eigenvalue weighted by Gasteiger charge is 2.31. The van der Waals surface area contributed by atoms with E-state index in [2.05, 4.69) is 47.8 Å². The molecule has 0 saturated heterocycles. The fourth-order valence-corrected chi connectivity index (χ4v) is 3.88. The Kier molecular flexibility index (Phi) is 2.88. The first-order chi connectivity index (χ1) is 4.93. The van der Waals surface area contributed by atoms with E-state index in [1.807, 2.05) is 13.0 Å². The number of alkyl halides is 1. The van der Waals surface area contributed by atoms with Gasteiger partial charge in [0.2, 0.25) is 0 Å². The SMILES string of the molecule is CC1(Br)CC(Br)=CC(Br)=C1O. The lowest BCUT2D eigenvalue weighted by atomic mass is 10.0. The molecule has 0 heterocycles. The summed E-state index contributed by atoms with van der Waals surface area (Å²) in [5, 5.41) is 9.54. The van der Waals surface area contributed by atoms with E-state index in [1.54, 1.807) is 0 Å². The van der Waals surface area contributed by atoms with Crippen molar-refractivity contribution in [1.82, 2.24) is 0 Å². The molecule has 0 spiro atoms. The Labute approximate surface area is 90.9 Å². The molecule has 1 aliphatic rings. The molecule has 0 amide bonds. The van der Waals surface area contributed by atoms with Gasteiger partial charge in [-0.15, -0.1) is 0 Å². The normalized spacial score (nSPS) is 32.2. The quantitative estimate of drug-likeness (QED) is 0.658. The largest absolute Gasteiger partial charge is 0.510 e. The standard InChI is InChI=1S/C7H7Br3O/c1-7(10)3-4(8)2-5(9)6(7)11/h2,11H,3H2,1H3. The fourth-order valence-electron chi connectivity index (χ4n) is 0.907. The van der Waals surface area contributed by atoms with Crippen LogP contribution in [0.5, 0.6) is 0 Å². The molecule has 0 fully saturated rings. The molecule has 1 N–H and O–H groups in total. The third-order valence-corrected chi connectivity index (χ3v) is 3.27. The monoisotopic (exact) mass is 344 g/mol. The molecule has 0 aromatic heterocycles. The Bertz CT molecular complexity index is 240. The number of allylic oxidation sites excluding steroid dienone is 4. The molecule has 11 heavy (non-hydrogen) atoms. The van der Waals surface area contributed by atoms with Crippen LogP contribution < -0.4 is 0 Å². The molecule has 1 aliphatic carbocycles. The van der Waals surface area contributed by atoms with Crippen LogP contribution in [0.1, 0.15) is 13.3 Å². The highest BCUT2D eigenvalue weighted by Crippen LogP contribution is 2.41. The van der Waals surface area contributed by atoms with Crippen LogP contribution in [0.4, 0.5) is 0 Å². The van der Waals surface area contributed by atoms with Gasteiger partial charge in [-0.2, -0.15) is 0 Å². The zero-order valence-corrected chi connectivity index (χ0v) is 10.6. The van der Waals surface area contributed by atoms with E-state index in [0.29, 0.717) is 5.76 Å². The van der Waals surface area contributed by atoms with E-state index in [-0.39, 0.29) is 4.32 Å². The molecule has 1 rings (SSSR count). The summed E-state index contributed by atoms with van der Waals surface area (Å²) in [5.74, 6) is 0.348. The van der Waals surface area contributed by atoms with Crippen molar-refractivity contribution in [3.8, 4) is 0 Å². The zero-order chi connectivity index (χ0) is 8.65. The van der Waals surface area contributed by atoms with Gasteiger partial charge in [0.25, 0.3) is 0 Å². The lowest BCUT2D eigenvalue weighted by Crippen LogP contribution is -2.22. The molecule has 0 aromatic carbocycles. The Morgan fingerprint density at radius 2 is 2.09 bits per heavy atom. The highest BCUT2D eigenvalue weighted by molar-refractivity contribution is 9.12. The van der Waals surface area contributed by atoms with Gasteiger partial charge in [-0.1, -0.05) is 31.9 Å². The number of rotatable bonds is 0. The van der Waals surface area contributed by atoms with Crippen molar-refractivity contribution >= 4 is 47.8 Å². The number of aliphatic hydroxyl groups is 1. The minimum atomic E-state index is -0.334. The fraction of sp³-hybridized carbons (Fsp3) is 0.429. The summed E-state index contributed by atoms with van der Waals surface area (Å²) in [6.07, 6.45) is 2.63. The van der Waals surface area contributed by atoms with Gasteiger partial charge in [0, 0.05) is 6.42 Å². The molecule has 62 valence electrons. The third kappa shape index (κ3) is 2.10. The van der Waals surface area contributed by atoms with Gasteiger partial charge in [0.1, 0.15) is 5.76 Å². The van der Waals surface area contributed by atoms with Crippen LogP contribution in [0.25, 0.3) is 0 Å². The van der Waals surface area contributed by atoms with Gasteiger partial charge in [-0.3, -0.25) is 0 Å². The van der Waals surface area contributed by atoms with E-state index in [0.717, 1.165) is 15.4 Å². The van der Waals surface area contributed by atoms with Gasteiger partial charge >= 0.3 is 0 Å². The molecule has 0 aliphatic heterocycles. The molecule has 1 unspecified atom stereocenters. The van der Waals surface area contributed by atoms with Crippen molar-refractivity contribution < 1.29 is 5.11 Å². The summed E-state index contributed by atoms with van der Waals surface area (Å²) in [6.45, 7) is 1.93. The summed E-state index contributed by atoms with van der Waals surface area (Å²) in [6, 6.07) is 0. The average molecular weight is 347 g/mol. The van der Waals surface area contributed by atoms with Gasteiger partial charge in [0.05, 0.1) is 8.81 Å². The van der Waals surface area contributed by atoms with Gasteiger partial charge in [0.15, 0.2) is 0 Å². The number of aliphatic hydroxyl groups excluding tert-OH is 1. The highest BCUT2D eigenvalue weighted by atomic mass is 79.9. The maximum absolute atomic E-state index is 9.54. The van der Waals surface area contributed by atoms with Gasteiger partial charge in [-0.05, 0) is 33.4 Å². The Hall–Kier alpha value is 0.720. The second-order valence-electron chi connectivity index (χ2n) is 2.66. The molecule has 0 radical (unpaired) electrons. The van der Waals surface area contributed by atoms with Crippen LogP contribution in [0.2, 0.25) is 0 Å². The van der Waals surface area contributed by atoms with E-state index in [4.69, 9.17) is 0 Å². The van der Waals surface area contributed by atoms with Crippen molar-refractivity contribution in [2.75, 3.05) is 0 Å². The summed E-state index contributed by atoms with van der Waals surface area (Å²) in [4.78, 5) is 0. The first-order valence-electron chi connectivity index (χ1n) is 3.08. The van der Waals surface area contributed by atoms with Crippen LogP contribution in [0, 0.1) is 0 Å². The van der Waals surface area contributed by atoms with Crippen molar-refractivity contribution in [3.05, 3.63) is 20.8 Å². The predicted octanol–water partition coefficient (Wildman–Crippen LogP) is 3.99. The lowest BCUT2D eigenvalue weighted by molar-refractivity contribution is 0.358. The van der Waals surface area contributed by atoms with Crippen LogP contribution >= 0.6 is 47.8 Å². The number of hydrogen-bond donors (Lipinski definition) is 1. The number of halogens is 3. The van der Waals surface area contributed by atoms with Crippen LogP contribution in [-0.2, 0) is 0 Å². The molecule has 4 heteroatoms. The smallest absolute Gasteiger partial charge is 0.123 e. The molecule has 1 atom stereocenters. The summed E-state index contributed by atoms with van der Waals surface area (Å²) < 4.78 is 1.47. The Morgan fingerprint density at radius 3 is 2.55 bits per heavy atom. The van der Waals surface area contributed by atoms with Crippen LogP contribution in [0.15, 0.2) is 20.8 Å². The zero-order valence-electron chi connectivity index (χ0n) is 5.87. The third-order valence-electron chi connectivity index (χ3n) is 1.50. The molecule has 0 aromatic rings. The first-order valence-corrected chi connectivity index (χ1v) is 5.45. The minimum Gasteiger partial charge on any atom is -0.510 e. The van der Waals surface area contributed by atoms with E-state index < -0.39 is 0 Å². The van der Waals surface area contributed by atoms with E-state index in [9.17, 15) is 5.11 Å². The van der Waals surface area contributed by atoms with Gasteiger partial charge < -0.3 is 5.11 Å². The first kappa shape index (κ1) is 9.81. The number of hydrogen-bond acceptors (Lipinski definition) is 1. The van der Waals surface area contributed by atoms with Crippen LogP contribution in [-0.4, -0.2) is 9.43 Å². The maximum atomic E-state index is 9.54. The maximum Gasteiger partial charge on any atom is 0.123 e. The molecular formula is C7H7Br3O. The molecular weight excluding hydrogens is 340 g/mol. The molecule has 0 bridgehead atoms. The minimum absolute atomic E-state index is 0.334. The topological polar surface area (TPSA) is 20.2 Å². The van der Waals surface area contributed by atoms with Crippen molar-refractivity contribution in [3.63, 3.8) is 0 Å². The van der Waals surface area contributed by atoms with Gasteiger partial charge in [-0.25, -0.2) is 0 Å². The summed E-state index contributed by atoms with van der Waals surface area (Å²) >= 11 is 10.1. The molecule has 0 saturated carbocycles. The van der Waals surface area contributed by atoms with Crippen molar-refractivity contribution in [1.29, 1.82) is 0 Å². The Morgan fingerprint density at radius 1 is 1.55 bits per heavy atom. The molecule has 1 nitrogen and oxygen atoms in total. The Balaban J connectivity index is 3.07. The summed E-state index contributed by atoms with van der Waals surface area (Å²) in [5.41, 5.74) is 0.